The minimum atomic E-state index is -3.97. The Labute approximate surface area is 160 Å². The molecule has 1 amide bonds. The Hall–Kier alpha value is -3.62. The zero-order valence-corrected chi connectivity index (χ0v) is 15.4. The van der Waals surface area contributed by atoms with Crippen molar-refractivity contribution in [2.75, 3.05) is 12.1 Å². The monoisotopic (exact) mass is 398 g/mol. The Morgan fingerprint density at radius 1 is 1.25 bits per heavy atom. The summed E-state index contributed by atoms with van der Waals surface area (Å²) in [5.74, 6) is -0.343. The van der Waals surface area contributed by atoms with Gasteiger partial charge in [0.15, 0.2) is 5.71 Å². The van der Waals surface area contributed by atoms with Crippen molar-refractivity contribution in [3.8, 4) is 11.8 Å². The van der Waals surface area contributed by atoms with Gasteiger partial charge in [-0.15, -0.1) is 0 Å². The lowest BCUT2D eigenvalue weighted by Gasteiger charge is -2.11. The number of sulfonamides is 1. The van der Waals surface area contributed by atoms with Crippen LogP contribution in [0.25, 0.3) is 0 Å². The number of nitriles is 1. The number of nitrogens with two attached hydrogens (primary N) is 1. The van der Waals surface area contributed by atoms with Gasteiger partial charge in [0.2, 0.25) is 16.1 Å². The molecule has 2 aromatic rings. The molecule has 0 spiro atoms. The number of hydrazone groups is 1. The van der Waals surface area contributed by atoms with Crippen LogP contribution >= 0.6 is 0 Å². The van der Waals surface area contributed by atoms with Gasteiger partial charge >= 0.3 is 0 Å². The number of primary sulfonamides is 1. The van der Waals surface area contributed by atoms with E-state index in [1.807, 2.05) is 6.07 Å². The lowest BCUT2D eigenvalue weighted by Crippen LogP contribution is -2.30. The van der Waals surface area contributed by atoms with Crippen molar-refractivity contribution in [3.63, 3.8) is 0 Å². The number of carbonyl (C=O) groups excluding carboxylic acids is 1. The second kappa shape index (κ2) is 7.55. The average molecular weight is 398 g/mol. The van der Waals surface area contributed by atoms with Crippen molar-refractivity contribution in [1.29, 1.82) is 5.26 Å². The second-order valence-electron chi connectivity index (χ2n) is 5.58. The van der Waals surface area contributed by atoms with E-state index in [1.165, 1.54) is 19.2 Å². The number of azo groups is 1. The topological polar surface area (TPSA) is 151 Å². The molecule has 1 aliphatic heterocycles. The van der Waals surface area contributed by atoms with Gasteiger partial charge in [0, 0.05) is 0 Å². The molecule has 0 saturated carbocycles. The highest BCUT2D eigenvalue weighted by Gasteiger charge is 2.37. The number of nitrogens with zero attached hydrogens (tertiary/aromatic N) is 5. The molecule has 0 radical (unpaired) electrons. The zero-order valence-electron chi connectivity index (χ0n) is 14.6. The Morgan fingerprint density at radius 3 is 2.57 bits per heavy atom. The number of anilines is 1. The van der Waals surface area contributed by atoms with Gasteiger partial charge in [-0.25, -0.2) is 13.6 Å². The molecule has 1 unspecified atom stereocenters. The summed E-state index contributed by atoms with van der Waals surface area (Å²) in [6.07, 6.45) is 0. The Balaban J connectivity index is 1.95. The summed E-state index contributed by atoms with van der Waals surface area (Å²) in [4.78, 5) is 12.4. The molecule has 2 N–H and O–H groups in total. The van der Waals surface area contributed by atoms with Crippen molar-refractivity contribution in [2.24, 2.45) is 20.5 Å². The van der Waals surface area contributed by atoms with Crippen LogP contribution in [0.2, 0.25) is 0 Å². The van der Waals surface area contributed by atoms with Gasteiger partial charge in [0.05, 0.1) is 17.7 Å². The summed E-state index contributed by atoms with van der Waals surface area (Å²) in [6.45, 7) is 0. The van der Waals surface area contributed by atoms with Crippen LogP contribution in [-0.2, 0) is 14.8 Å². The maximum Gasteiger partial charge on any atom is 0.281 e. The van der Waals surface area contributed by atoms with Crippen molar-refractivity contribution >= 4 is 33.0 Å². The fourth-order valence-electron chi connectivity index (χ4n) is 2.43. The fourth-order valence-corrected chi connectivity index (χ4v) is 2.96. The number of para-hydroxylation sites is 1. The first-order valence-corrected chi connectivity index (χ1v) is 9.39. The number of carbonyl (C=O) groups is 1. The van der Waals surface area contributed by atoms with Crippen LogP contribution < -0.4 is 14.9 Å². The summed E-state index contributed by atoms with van der Waals surface area (Å²) in [6, 6.07) is 12.9. The van der Waals surface area contributed by atoms with E-state index >= 15 is 0 Å². The van der Waals surface area contributed by atoms with E-state index < -0.39 is 22.0 Å². The molecule has 0 aromatic heterocycles. The predicted octanol–water partition coefficient (Wildman–Crippen LogP) is 1.72. The van der Waals surface area contributed by atoms with Gasteiger partial charge in [0.25, 0.3) is 5.91 Å². The highest BCUT2D eigenvalue weighted by Crippen LogP contribution is 2.31. The van der Waals surface area contributed by atoms with Crippen LogP contribution in [0.15, 0.2) is 68.8 Å². The second-order valence-corrected chi connectivity index (χ2v) is 7.14. The molecule has 0 saturated heterocycles. The van der Waals surface area contributed by atoms with E-state index in [1.54, 1.807) is 30.3 Å². The van der Waals surface area contributed by atoms with Crippen LogP contribution in [0.3, 0.4) is 0 Å². The van der Waals surface area contributed by atoms with Crippen molar-refractivity contribution in [2.45, 2.75) is 10.9 Å². The molecular weight excluding hydrogens is 384 g/mol. The molecule has 0 bridgehead atoms. The molecule has 1 aliphatic rings. The predicted molar refractivity (Wildman–Crippen MR) is 99.6 cm³/mol. The molecule has 0 aliphatic carbocycles. The summed E-state index contributed by atoms with van der Waals surface area (Å²) in [5.41, 5.74) is 0.378. The van der Waals surface area contributed by atoms with Gasteiger partial charge in [-0.2, -0.15) is 25.6 Å². The van der Waals surface area contributed by atoms with Crippen molar-refractivity contribution in [1.82, 2.24) is 0 Å². The largest absolute Gasteiger partial charge is 0.494 e. The van der Waals surface area contributed by atoms with E-state index in [-0.39, 0.29) is 22.0 Å². The maximum atomic E-state index is 12.6. The maximum absolute atomic E-state index is 12.6. The van der Waals surface area contributed by atoms with Gasteiger partial charge in [-0.3, -0.25) is 4.79 Å². The zero-order chi connectivity index (χ0) is 20.3. The van der Waals surface area contributed by atoms with E-state index in [4.69, 9.17) is 9.88 Å². The lowest BCUT2D eigenvalue weighted by atomic mass is 10.2. The van der Waals surface area contributed by atoms with E-state index in [2.05, 4.69) is 15.3 Å². The third kappa shape index (κ3) is 3.73. The summed E-state index contributed by atoms with van der Waals surface area (Å²) in [7, 11) is -2.60. The standard InChI is InChI=1S/C17H14N6O4S/c1-27-15-8-7-12(28(19,25)26)9-13(15)20-21-16-14(10-18)22-23(17(16)24)11-5-3-2-4-6-11/h2-9,16H,1H3,(H2,19,25,26). The lowest BCUT2D eigenvalue weighted by molar-refractivity contribution is -0.117. The molecule has 11 heteroatoms. The number of amides is 1. The van der Waals surface area contributed by atoms with Crippen LogP contribution in [0.1, 0.15) is 0 Å². The minimum Gasteiger partial charge on any atom is -0.494 e. The normalized spacial score (nSPS) is 16.9. The number of methoxy groups -OCH3 is 1. The minimum absolute atomic E-state index is 0.0391. The highest BCUT2D eigenvalue weighted by atomic mass is 32.2. The number of hydrogen-bond donors (Lipinski definition) is 1. The molecule has 28 heavy (non-hydrogen) atoms. The van der Waals surface area contributed by atoms with Crippen LogP contribution in [-0.4, -0.2) is 33.2 Å². The Morgan fingerprint density at radius 2 is 1.96 bits per heavy atom. The SMILES string of the molecule is COc1ccc(S(N)(=O)=O)cc1N=NC1C(=O)N(c2ccccc2)N=C1C#N. The van der Waals surface area contributed by atoms with Gasteiger partial charge < -0.3 is 4.74 Å². The van der Waals surface area contributed by atoms with Gasteiger partial charge in [-0.05, 0) is 30.3 Å². The molecule has 3 rings (SSSR count). The van der Waals surface area contributed by atoms with E-state index in [0.29, 0.717) is 5.69 Å². The molecule has 142 valence electrons. The number of rotatable bonds is 5. The third-order valence-electron chi connectivity index (χ3n) is 3.78. The molecule has 1 atom stereocenters. The molecule has 1 heterocycles. The van der Waals surface area contributed by atoms with Gasteiger partial charge in [-0.1, -0.05) is 18.2 Å². The van der Waals surface area contributed by atoms with Crippen LogP contribution in [0, 0.1) is 11.3 Å². The molecular formula is C17H14N6O4S. The summed E-state index contributed by atoms with van der Waals surface area (Å²) in [5, 5.41) is 27.3. The van der Waals surface area contributed by atoms with Crippen LogP contribution in [0.5, 0.6) is 5.75 Å². The quantitative estimate of drug-likeness (QED) is 0.761. The summed E-state index contributed by atoms with van der Waals surface area (Å²) >= 11 is 0. The van der Waals surface area contributed by atoms with Gasteiger partial charge in [0.1, 0.15) is 17.5 Å². The van der Waals surface area contributed by atoms with Crippen molar-refractivity contribution in [3.05, 3.63) is 48.5 Å². The van der Waals surface area contributed by atoms with E-state index in [9.17, 15) is 18.5 Å². The molecule has 10 nitrogen and oxygen atoms in total. The Kier molecular flexibility index (Phi) is 5.16. The number of hydrogen-bond acceptors (Lipinski definition) is 8. The summed E-state index contributed by atoms with van der Waals surface area (Å²) < 4.78 is 28.2. The smallest absolute Gasteiger partial charge is 0.281 e. The molecule has 0 fully saturated rings. The highest BCUT2D eigenvalue weighted by molar-refractivity contribution is 7.89. The number of ether oxygens (including phenoxy) is 1. The first-order chi connectivity index (χ1) is 13.3. The Bertz CT molecular complexity index is 1120. The first-order valence-electron chi connectivity index (χ1n) is 7.84. The number of benzene rings is 2. The van der Waals surface area contributed by atoms with E-state index in [0.717, 1.165) is 11.1 Å². The first kappa shape index (κ1) is 19.2. The molecule has 2 aromatic carbocycles. The average Bonchev–Trinajstić information content (AvgIpc) is 3.01. The van der Waals surface area contributed by atoms with Crippen molar-refractivity contribution < 1.29 is 17.9 Å². The fraction of sp³-hybridized carbons (Fsp3) is 0.118. The third-order valence-corrected chi connectivity index (χ3v) is 4.70. The van der Waals surface area contributed by atoms with Crippen LogP contribution in [0.4, 0.5) is 11.4 Å².